The second-order valence-electron chi connectivity index (χ2n) is 7.39. The highest BCUT2D eigenvalue weighted by Gasteiger charge is 2.39. The van der Waals surface area contributed by atoms with Crippen LogP contribution in [0.5, 0.6) is 0 Å². The third kappa shape index (κ3) is 4.00. The summed E-state index contributed by atoms with van der Waals surface area (Å²) >= 11 is 0. The first kappa shape index (κ1) is 17.9. The number of anilines is 1. The molecule has 1 heterocycles. The molecule has 4 unspecified atom stereocenters. The van der Waals surface area contributed by atoms with E-state index in [-0.39, 0.29) is 29.2 Å². The molecule has 6 heteroatoms. The van der Waals surface area contributed by atoms with Crippen LogP contribution in [0.1, 0.15) is 43.5 Å². The van der Waals surface area contributed by atoms with Crippen LogP contribution in [0.3, 0.4) is 0 Å². The van der Waals surface area contributed by atoms with Gasteiger partial charge in [-0.2, -0.15) is 0 Å². The normalized spacial score (nSPS) is 26.9. The molecule has 1 aliphatic carbocycles. The Morgan fingerprint density at radius 2 is 2.12 bits per heavy atom. The van der Waals surface area contributed by atoms with E-state index in [0.717, 1.165) is 19.3 Å². The summed E-state index contributed by atoms with van der Waals surface area (Å²) in [6.07, 6.45) is 2.03. The first-order chi connectivity index (χ1) is 11.9. The zero-order valence-electron chi connectivity index (χ0n) is 14.7. The number of aliphatic hydroxyl groups is 1. The minimum atomic E-state index is -0.509. The van der Waals surface area contributed by atoms with Crippen molar-refractivity contribution in [3.8, 4) is 0 Å². The molecule has 2 amide bonds. The summed E-state index contributed by atoms with van der Waals surface area (Å²) in [7, 11) is 0. The van der Waals surface area contributed by atoms with E-state index >= 15 is 0 Å². The number of hydrogen-bond donors (Lipinski definition) is 2. The lowest BCUT2D eigenvalue weighted by Gasteiger charge is -2.34. The molecule has 1 aromatic carbocycles. The van der Waals surface area contributed by atoms with E-state index in [4.69, 9.17) is 0 Å². The van der Waals surface area contributed by atoms with Crippen LogP contribution in [-0.4, -0.2) is 41.0 Å². The highest BCUT2D eigenvalue weighted by Crippen LogP contribution is 2.38. The van der Waals surface area contributed by atoms with Crippen LogP contribution in [-0.2, 0) is 4.79 Å². The fourth-order valence-corrected chi connectivity index (χ4v) is 3.47. The van der Waals surface area contributed by atoms with Crippen molar-refractivity contribution in [1.82, 2.24) is 4.90 Å². The van der Waals surface area contributed by atoms with Crippen molar-refractivity contribution in [2.45, 2.75) is 39.2 Å². The number of carbonyl (C=O) groups is 2. The second-order valence-corrected chi connectivity index (χ2v) is 7.39. The van der Waals surface area contributed by atoms with E-state index in [2.05, 4.69) is 5.32 Å². The predicted octanol–water partition coefficient (Wildman–Crippen LogP) is 2.65. The van der Waals surface area contributed by atoms with Gasteiger partial charge in [-0.3, -0.25) is 9.59 Å². The Morgan fingerprint density at radius 1 is 1.40 bits per heavy atom. The topological polar surface area (TPSA) is 69.6 Å². The number of rotatable bonds is 4. The van der Waals surface area contributed by atoms with Crippen LogP contribution in [0.25, 0.3) is 0 Å². The van der Waals surface area contributed by atoms with Crippen LogP contribution in [0, 0.1) is 23.6 Å². The summed E-state index contributed by atoms with van der Waals surface area (Å²) in [5, 5.41) is 12.6. The minimum absolute atomic E-state index is 0.0246. The van der Waals surface area contributed by atoms with E-state index in [9.17, 15) is 19.1 Å². The zero-order valence-corrected chi connectivity index (χ0v) is 14.7. The molecule has 0 bridgehead atoms. The number of halogens is 1. The van der Waals surface area contributed by atoms with Gasteiger partial charge in [-0.1, -0.05) is 6.92 Å². The van der Waals surface area contributed by atoms with E-state index in [1.165, 1.54) is 18.2 Å². The Morgan fingerprint density at radius 3 is 2.76 bits per heavy atom. The SMILES string of the molecule is CC(O)C1CCCN(C(=O)c2cc(F)ccc2NC(=O)C2CC2C)C1. The van der Waals surface area contributed by atoms with Gasteiger partial charge in [0.05, 0.1) is 17.4 Å². The van der Waals surface area contributed by atoms with Crippen molar-refractivity contribution in [1.29, 1.82) is 0 Å². The first-order valence-electron chi connectivity index (χ1n) is 8.94. The van der Waals surface area contributed by atoms with E-state index < -0.39 is 11.9 Å². The Bertz CT molecular complexity index is 677. The van der Waals surface area contributed by atoms with Crippen LogP contribution in [0.15, 0.2) is 18.2 Å². The molecule has 1 saturated carbocycles. The summed E-state index contributed by atoms with van der Waals surface area (Å²) in [5.74, 6) is -0.574. The molecule has 2 aliphatic rings. The van der Waals surface area contributed by atoms with Crippen LogP contribution in [0.4, 0.5) is 10.1 Å². The number of nitrogens with zero attached hydrogens (tertiary/aromatic N) is 1. The molecule has 0 aromatic heterocycles. The average molecular weight is 348 g/mol. The number of likely N-dealkylation sites (tertiary alicyclic amines) is 1. The maximum atomic E-state index is 13.7. The van der Waals surface area contributed by atoms with Gasteiger partial charge < -0.3 is 15.3 Å². The molecular weight excluding hydrogens is 323 g/mol. The minimum Gasteiger partial charge on any atom is -0.393 e. The molecule has 5 nitrogen and oxygen atoms in total. The van der Waals surface area contributed by atoms with Gasteiger partial charge in [0.25, 0.3) is 5.91 Å². The standard InChI is InChI=1S/C19H25FN2O3/c1-11-8-15(11)18(24)21-17-6-5-14(20)9-16(17)19(25)22-7-3-4-13(10-22)12(2)23/h5-6,9,11-13,15,23H,3-4,7-8,10H2,1-2H3,(H,21,24). The van der Waals surface area contributed by atoms with Gasteiger partial charge in [-0.05, 0) is 50.3 Å². The molecule has 1 aromatic rings. The molecule has 136 valence electrons. The second kappa shape index (κ2) is 7.12. The molecule has 0 radical (unpaired) electrons. The molecular formula is C19H25FN2O3. The number of carbonyl (C=O) groups excluding carboxylic acids is 2. The molecule has 4 atom stereocenters. The Labute approximate surface area is 147 Å². The van der Waals surface area contributed by atoms with Crippen molar-refractivity contribution < 1.29 is 19.1 Å². The Balaban J connectivity index is 1.79. The summed E-state index contributed by atoms with van der Waals surface area (Å²) in [6, 6.07) is 3.88. The van der Waals surface area contributed by atoms with Crippen LogP contribution in [0.2, 0.25) is 0 Å². The van der Waals surface area contributed by atoms with Crippen molar-refractivity contribution in [2.24, 2.45) is 17.8 Å². The summed E-state index contributed by atoms with van der Waals surface area (Å²) in [4.78, 5) is 26.7. The summed E-state index contributed by atoms with van der Waals surface area (Å²) in [5.41, 5.74) is 0.530. The molecule has 25 heavy (non-hydrogen) atoms. The monoisotopic (exact) mass is 348 g/mol. The number of amides is 2. The molecule has 2 N–H and O–H groups in total. The van der Waals surface area contributed by atoms with Gasteiger partial charge in [0, 0.05) is 24.9 Å². The highest BCUT2D eigenvalue weighted by molar-refractivity contribution is 6.04. The van der Waals surface area contributed by atoms with Gasteiger partial charge >= 0.3 is 0 Å². The smallest absolute Gasteiger partial charge is 0.256 e. The fraction of sp³-hybridized carbons (Fsp3) is 0.579. The quantitative estimate of drug-likeness (QED) is 0.879. The van der Waals surface area contributed by atoms with Gasteiger partial charge in [0.15, 0.2) is 0 Å². The highest BCUT2D eigenvalue weighted by atomic mass is 19.1. The van der Waals surface area contributed by atoms with Crippen molar-refractivity contribution in [3.63, 3.8) is 0 Å². The lowest BCUT2D eigenvalue weighted by Crippen LogP contribution is -2.43. The Kier molecular flexibility index (Phi) is 5.08. The molecule has 1 saturated heterocycles. The zero-order chi connectivity index (χ0) is 18.1. The number of benzene rings is 1. The van der Waals surface area contributed by atoms with Crippen LogP contribution >= 0.6 is 0 Å². The number of hydrogen-bond acceptors (Lipinski definition) is 3. The molecule has 0 spiro atoms. The van der Waals surface area contributed by atoms with Crippen molar-refractivity contribution in [2.75, 3.05) is 18.4 Å². The third-order valence-electron chi connectivity index (χ3n) is 5.34. The van der Waals surface area contributed by atoms with Gasteiger partial charge in [0.1, 0.15) is 5.82 Å². The van der Waals surface area contributed by atoms with Gasteiger partial charge in [-0.25, -0.2) is 4.39 Å². The van der Waals surface area contributed by atoms with E-state index in [0.29, 0.717) is 24.7 Å². The summed E-state index contributed by atoms with van der Waals surface area (Å²) in [6.45, 7) is 4.75. The lowest BCUT2D eigenvalue weighted by molar-refractivity contribution is -0.117. The lowest BCUT2D eigenvalue weighted by atomic mass is 9.93. The van der Waals surface area contributed by atoms with Crippen LogP contribution < -0.4 is 5.32 Å². The van der Waals surface area contributed by atoms with E-state index in [1.54, 1.807) is 11.8 Å². The van der Waals surface area contributed by atoms with Gasteiger partial charge in [-0.15, -0.1) is 0 Å². The number of piperidine rings is 1. The molecule has 3 rings (SSSR count). The summed E-state index contributed by atoms with van der Waals surface area (Å²) < 4.78 is 13.7. The maximum absolute atomic E-state index is 13.7. The van der Waals surface area contributed by atoms with Crippen molar-refractivity contribution >= 4 is 17.5 Å². The molecule has 1 aliphatic heterocycles. The third-order valence-corrected chi connectivity index (χ3v) is 5.34. The predicted molar refractivity (Wildman–Crippen MR) is 92.6 cm³/mol. The number of aliphatic hydroxyl groups excluding tert-OH is 1. The number of nitrogens with one attached hydrogen (secondary N) is 1. The fourth-order valence-electron chi connectivity index (χ4n) is 3.47. The maximum Gasteiger partial charge on any atom is 0.256 e. The Hall–Kier alpha value is -1.95. The van der Waals surface area contributed by atoms with E-state index in [1.807, 2.05) is 6.92 Å². The first-order valence-corrected chi connectivity index (χ1v) is 8.94. The van der Waals surface area contributed by atoms with Gasteiger partial charge in [0.2, 0.25) is 5.91 Å². The largest absolute Gasteiger partial charge is 0.393 e. The average Bonchev–Trinajstić information content (AvgIpc) is 3.33. The van der Waals surface area contributed by atoms with Crippen molar-refractivity contribution in [3.05, 3.63) is 29.6 Å². The molecule has 2 fully saturated rings.